The van der Waals surface area contributed by atoms with Crippen molar-refractivity contribution in [2.24, 2.45) is 5.73 Å². The molecule has 0 radical (unpaired) electrons. The van der Waals surface area contributed by atoms with E-state index in [2.05, 4.69) is 0 Å². The highest BCUT2D eigenvalue weighted by atomic mass is 16.6. The molecule has 1 unspecified atom stereocenters. The van der Waals surface area contributed by atoms with Gasteiger partial charge in [0.2, 0.25) is 5.91 Å². The molecule has 0 aromatic heterocycles. The van der Waals surface area contributed by atoms with Crippen molar-refractivity contribution in [2.75, 3.05) is 11.4 Å². The molecular weight excluding hydrogens is 314 g/mol. The van der Waals surface area contributed by atoms with Crippen molar-refractivity contribution in [2.45, 2.75) is 5.92 Å². The average Bonchev–Trinajstić information content (AvgIpc) is 2.93. The summed E-state index contributed by atoms with van der Waals surface area (Å²) in [5.41, 5.74) is 7.20. The number of carbonyl (C=O) groups excluding carboxylic acids is 1. The van der Waals surface area contributed by atoms with Crippen LogP contribution in [0.25, 0.3) is 0 Å². The number of rotatable bonds is 3. The van der Waals surface area contributed by atoms with Gasteiger partial charge >= 0.3 is 6.09 Å². The number of non-ortho nitro benzene ring substituents is 1. The second kappa shape index (κ2) is 5.65. The maximum Gasteiger partial charge on any atom is 0.411 e. The van der Waals surface area contributed by atoms with E-state index in [0.717, 1.165) is 10.5 Å². The van der Waals surface area contributed by atoms with Gasteiger partial charge in [-0.25, -0.2) is 4.79 Å². The highest BCUT2D eigenvalue weighted by Crippen LogP contribution is 2.41. The first-order valence-electron chi connectivity index (χ1n) is 7.07. The first-order valence-corrected chi connectivity index (χ1v) is 7.07. The van der Waals surface area contributed by atoms with Crippen LogP contribution in [0.4, 0.5) is 16.2 Å². The quantitative estimate of drug-likeness (QED) is 0.660. The molecule has 122 valence electrons. The minimum atomic E-state index is -1.12. The summed E-state index contributed by atoms with van der Waals surface area (Å²) in [6.07, 6.45) is -1.12. The molecule has 0 aliphatic carbocycles. The van der Waals surface area contributed by atoms with E-state index in [1.165, 1.54) is 18.2 Å². The van der Waals surface area contributed by atoms with Gasteiger partial charge in [-0.05, 0) is 29.3 Å². The summed E-state index contributed by atoms with van der Waals surface area (Å²) in [6.45, 7) is 0.155. The lowest BCUT2D eigenvalue weighted by atomic mass is 9.92. The Hall–Kier alpha value is -3.42. The van der Waals surface area contributed by atoms with Gasteiger partial charge in [0, 0.05) is 30.2 Å². The number of primary amides is 1. The van der Waals surface area contributed by atoms with Crippen LogP contribution in [-0.4, -0.2) is 28.6 Å². The van der Waals surface area contributed by atoms with Gasteiger partial charge in [-0.3, -0.25) is 19.8 Å². The van der Waals surface area contributed by atoms with Crippen LogP contribution in [-0.2, 0) is 0 Å². The SMILES string of the molecule is NC(=O)c1ccc(C2CN(C(=O)O)c3ccc([N+](=O)[O-])cc32)cc1. The normalized spacial score (nSPS) is 15.8. The number of carboxylic acid groups (broad SMARTS) is 1. The number of hydrogen-bond donors (Lipinski definition) is 2. The zero-order valence-corrected chi connectivity index (χ0v) is 12.4. The van der Waals surface area contributed by atoms with E-state index in [0.29, 0.717) is 16.8 Å². The van der Waals surface area contributed by atoms with Crippen LogP contribution >= 0.6 is 0 Å². The highest BCUT2D eigenvalue weighted by molar-refractivity contribution is 5.93. The zero-order chi connectivity index (χ0) is 17.4. The maximum absolute atomic E-state index is 11.4. The van der Waals surface area contributed by atoms with Gasteiger partial charge in [0.05, 0.1) is 10.6 Å². The molecular formula is C16H13N3O5. The molecule has 3 N–H and O–H groups in total. The summed E-state index contributed by atoms with van der Waals surface area (Å²) >= 11 is 0. The van der Waals surface area contributed by atoms with E-state index in [4.69, 9.17) is 5.73 Å². The molecule has 1 atom stereocenters. The Balaban J connectivity index is 2.07. The molecule has 8 nitrogen and oxygen atoms in total. The van der Waals surface area contributed by atoms with Crippen molar-refractivity contribution in [1.82, 2.24) is 0 Å². The fraction of sp³-hybridized carbons (Fsp3) is 0.125. The van der Waals surface area contributed by atoms with E-state index in [1.807, 2.05) is 0 Å². The van der Waals surface area contributed by atoms with Crippen molar-refractivity contribution in [3.05, 3.63) is 69.3 Å². The van der Waals surface area contributed by atoms with Gasteiger partial charge in [0.1, 0.15) is 0 Å². The molecule has 0 saturated heterocycles. The number of amides is 2. The molecule has 0 bridgehead atoms. The second-order valence-electron chi connectivity index (χ2n) is 5.43. The Labute approximate surface area is 136 Å². The Morgan fingerprint density at radius 1 is 1.21 bits per heavy atom. The number of fused-ring (bicyclic) bond motifs is 1. The molecule has 0 fully saturated rings. The molecule has 0 spiro atoms. The van der Waals surface area contributed by atoms with Crippen molar-refractivity contribution in [3.8, 4) is 0 Å². The number of anilines is 1. The van der Waals surface area contributed by atoms with Crippen LogP contribution in [0, 0.1) is 10.1 Å². The summed E-state index contributed by atoms with van der Waals surface area (Å²) in [5, 5.41) is 20.4. The Bertz CT molecular complexity index is 847. The Kier molecular flexibility index (Phi) is 3.64. The predicted octanol–water partition coefficient (Wildman–Crippen LogP) is 2.32. The van der Waals surface area contributed by atoms with Crippen LogP contribution in [0.2, 0.25) is 0 Å². The minimum absolute atomic E-state index is 0.0975. The molecule has 2 aromatic carbocycles. The standard InChI is InChI=1S/C16H13N3O5/c17-15(20)10-3-1-9(2-4-10)13-8-18(16(21)22)14-6-5-11(19(23)24)7-12(13)14/h1-7,13H,8H2,(H2,17,20)(H,21,22). The maximum atomic E-state index is 11.4. The summed E-state index contributed by atoms with van der Waals surface area (Å²) in [5.74, 6) is -0.908. The lowest BCUT2D eigenvalue weighted by molar-refractivity contribution is -0.384. The van der Waals surface area contributed by atoms with Crippen LogP contribution in [0.5, 0.6) is 0 Å². The van der Waals surface area contributed by atoms with Crippen LogP contribution in [0.3, 0.4) is 0 Å². The fourth-order valence-electron chi connectivity index (χ4n) is 2.91. The van der Waals surface area contributed by atoms with Gasteiger partial charge in [0.25, 0.3) is 5.69 Å². The molecule has 1 aliphatic heterocycles. The first-order chi connectivity index (χ1) is 11.4. The Morgan fingerprint density at radius 2 is 1.88 bits per heavy atom. The molecule has 1 heterocycles. The van der Waals surface area contributed by atoms with Gasteiger partial charge in [0.15, 0.2) is 0 Å². The van der Waals surface area contributed by atoms with Crippen LogP contribution < -0.4 is 10.6 Å². The number of carbonyl (C=O) groups is 2. The van der Waals surface area contributed by atoms with Gasteiger partial charge in [-0.1, -0.05) is 12.1 Å². The van der Waals surface area contributed by atoms with Crippen molar-refractivity contribution in [1.29, 1.82) is 0 Å². The summed E-state index contributed by atoms with van der Waals surface area (Å²) < 4.78 is 0. The highest BCUT2D eigenvalue weighted by Gasteiger charge is 2.34. The summed E-state index contributed by atoms with van der Waals surface area (Å²) in [7, 11) is 0. The number of nitrogens with zero attached hydrogens (tertiary/aromatic N) is 2. The number of hydrogen-bond acceptors (Lipinski definition) is 4. The predicted molar refractivity (Wildman–Crippen MR) is 85.3 cm³/mol. The third kappa shape index (κ3) is 2.54. The van der Waals surface area contributed by atoms with E-state index < -0.39 is 16.9 Å². The summed E-state index contributed by atoms with van der Waals surface area (Å²) in [4.78, 5) is 34.2. The second-order valence-corrected chi connectivity index (χ2v) is 5.43. The molecule has 24 heavy (non-hydrogen) atoms. The zero-order valence-electron chi connectivity index (χ0n) is 12.4. The fourth-order valence-corrected chi connectivity index (χ4v) is 2.91. The number of nitro benzene ring substituents is 1. The lowest BCUT2D eigenvalue weighted by Crippen LogP contribution is -2.28. The van der Waals surface area contributed by atoms with E-state index >= 15 is 0 Å². The third-order valence-electron chi connectivity index (χ3n) is 4.08. The number of nitro groups is 1. The molecule has 2 amide bonds. The molecule has 8 heteroatoms. The van der Waals surface area contributed by atoms with E-state index in [1.54, 1.807) is 24.3 Å². The smallest absolute Gasteiger partial charge is 0.411 e. The van der Waals surface area contributed by atoms with Crippen LogP contribution in [0.1, 0.15) is 27.4 Å². The lowest BCUT2D eigenvalue weighted by Gasteiger charge is -2.13. The van der Waals surface area contributed by atoms with E-state index in [-0.39, 0.29) is 18.2 Å². The Morgan fingerprint density at radius 3 is 2.42 bits per heavy atom. The first kappa shape index (κ1) is 15.5. The largest absolute Gasteiger partial charge is 0.465 e. The minimum Gasteiger partial charge on any atom is -0.465 e. The average molecular weight is 327 g/mol. The van der Waals surface area contributed by atoms with Crippen molar-refractivity contribution < 1.29 is 19.6 Å². The monoisotopic (exact) mass is 327 g/mol. The number of benzene rings is 2. The van der Waals surface area contributed by atoms with Crippen molar-refractivity contribution in [3.63, 3.8) is 0 Å². The summed E-state index contributed by atoms with van der Waals surface area (Å²) in [6, 6.07) is 10.6. The van der Waals surface area contributed by atoms with Gasteiger partial charge in [-0.2, -0.15) is 0 Å². The molecule has 3 rings (SSSR count). The third-order valence-corrected chi connectivity index (χ3v) is 4.08. The number of nitrogens with two attached hydrogens (primary N) is 1. The van der Waals surface area contributed by atoms with Crippen molar-refractivity contribution >= 4 is 23.4 Å². The van der Waals surface area contributed by atoms with Gasteiger partial charge < -0.3 is 10.8 Å². The molecule has 1 aliphatic rings. The van der Waals surface area contributed by atoms with Gasteiger partial charge in [-0.15, -0.1) is 0 Å². The van der Waals surface area contributed by atoms with Crippen LogP contribution in [0.15, 0.2) is 42.5 Å². The molecule has 2 aromatic rings. The molecule has 0 saturated carbocycles. The topological polar surface area (TPSA) is 127 Å². The van der Waals surface area contributed by atoms with E-state index in [9.17, 15) is 24.8 Å².